The minimum absolute atomic E-state index is 0.355. The zero-order valence-corrected chi connectivity index (χ0v) is 11.1. The fraction of sp³-hybridized carbons (Fsp3) is 1.00. The highest BCUT2D eigenvalue weighted by atomic mass is 15.2. The van der Waals surface area contributed by atoms with E-state index in [0.717, 1.165) is 6.04 Å². The summed E-state index contributed by atoms with van der Waals surface area (Å²) >= 11 is 0. The van der Waals surface area contributed by atoms with Gasteiger partial charge in [0.15, 0.2) is 0 Å². The van der Waals surface area contributed by atoms with Crippen molar-refractivity contribution in [2.75, 3.05) is 19.6 Å². The normalized spacial score (nSPS) is 34.9. The van der Waals surface area contributed by atoms with E-state index in [1.165, 1.54) is 64.6 Å². The van der Waals surface area contributed by atoms with Crippen molar-refractivity contribution in [1.82, 2.24) is 10.2 Å². The third kappa shape index (κ3) is 2.98. The highest BCUT2D eigenvalue weighted by Gasteiger charge is 2.30. The third-order valence-electron chi connectivity index (χ3n) is 4.60. The SMILES string of the molecule is CCC1(C)CN(C2CCCCC2)CCCN1. The maximum absolute atomic E-state index is 3.74. The first-order valence-electron chi connectivity index (χ1n) is 7.22. The Kier molecular flexibility index (Phi) is 4.26. The van der Waals surface area contributed by atoms with Crippen LogP contribution in [0.4, 0.5) is 0 Å². The number of hydrogen-bond acceptors (Lipinski definition) is 2. The van der Waals surface area contributed by atoms with Crippen LogP contribution in [0.15, 0.2) is 0 Å². The lowest BCUT2D eigenvalue weighted by atomic mass is 9.92. The molecule has 2 fully saturated rings. The van der Waals surface area contributed by atoms with Gasteiger partial charge in [-0.3, -0.25) is 4.90 Å². The van der Waals surface area contributed by atoms with E-state index in [1.54, 1.807) is 0 Å². The van der Waals surface area contributed by atoms with Gasteiger partial charge in [-0.05, 0) is 45.7 Å². The summed E-state index contributed by atoms with van der Waals surface area (Å²) in [6.07, 6.45) is 9.84. The Morgan fingerprint density at radius 2 is 1.94 bits per heavy atom. The van der Waals surface area contributed by atoms with Gasteiger partial charge < -0.3 is 5.32 Å². The maximum Gasteiger partial charge on any atom is 0.0277 e. The fourth-order valence-corrected chi connectivity index (χ4v) is 3.25. The van der Waals surface area contributed by atoms with Crippen molar-refractivity contribution in [3.63, 3.8) is 0 Å². The molecule has 1 saturated carbocycles. The Labute approximate surface area is 101 Å². The second kappa shape index (κ2) is 5.50. The summed E-state index contributed by atoms with van der Waals surface area (Å²) in [5, 5.41) is 3.74. The van der Waals surface area contributed by atoms with Gasteiger partial charge in [0.05, 0.1) is 0 Å². The van der Waals surface area contributed by atoms with Crippen LogP contribution in [0.2, 0.25) is 0 Å². The molecular weight excluding hydrogens is 196 g/mol. The number of nitrogens with one attached hydrogen (secondary N) is 1. The number of hydrogen-bond donors (Lipinski definition) is 1. The van der Waals surface area contributed by atoms with Crippen LogP contribution in [0.5, 0.6) is 0 Å². The van der Waals surface area contributed by atoms with Gasteiger partial charge in [-0.25, -0.2) is 0 Å². The molecule has 2 heteroatoms. The van der Waals surface area contributed by atoms with E-state index in [0.29, 0.717) is 5.54 Å². The molecule has 1 atom stereocenters. The van der Waals surface area contributed by atoms with Crippen molar-refractivity contribution >= 4 is 0 Å². The minimum atomic E-state index is 0.355. The van der Waals surface area contributed by atoms with Gasteiger partial charge in [-0.15, -0.1) is 0 Å². The fourth-order valence-electron chi connectivity index (χ4n) is 3.25. The lowest BCUT2D eigenvalue weighted by Crippen LogP contribution is -2.51. The second-order valence-corrected chi connectivity index (χ2v) is 5.96. The standard InChI is InChI=1S/C14H28N2/c1-3-14(2)12-16(11-7-10-15-14)13-8-5-4-6-9-13/h13,15H,3-12H2,1-2H3. The summed E-state index contributed by atoms with van der Waals surface area (Å²) in [5.41, 5.74) is 0.355. The molecular formula is C14H28N2. The molecule has 2 nitrogen and oxygen atoms in total. The van der Waals surface area contributed by atoms with Crippen LogP contribution in [0.3, 0.4) is 0 Å². The molecule has 1 heterocycles. The van der Waals surface area contributed by atoms with Crippen LogP contribution in [-0.2, 0) is 0 Å². The second-order valence-electron chi connectivity index (χ2n) is 5.96. The van der Waals surface area contributed by atoms with Crippen molar-refractivity contribution in [2.45, 2.75) is 70.4 Å². The van der Waals surface area contributed by atoms with Gasteiger partial charge in [0, 0.05) is 18.1 Å². The first-order valence-corrected chi connectivity index (χ1v) is 7.22. The Morgan fingerprint density at radius 3 is 2.62 bits per heavy atom. The molecule has 1 aliphatic carbocycles. The molecule has 94 valence electrons. The highest BCUT2D eigenvalue weighted by molar-refractivity contribution is 4.90. The Hall–Kier alpha value is -0.0800. The molecule has 1 unspecified atom stereocenters. The monoisotopic (exact) mass is 224 g/mol. The molecule has 0 aromatic rings. The van der Waals surface area contributed by atoms with E-state index >= 15 is 0 Å². The topological polar surface area (TPSA) is 15.3 Å². The van der Waals surface area contributed by atoms with E-state index in [1.807, 2.05) is 0 Å². The first kappa shape index (κ1) is 12.4. The summed E-state index contributed by atoms with van der Waals surface area (Å²) in [5.74, 6) is 0. The lowest BCUT2D eigenvalue weighted by molar-refractivity contribution is 0.129. The Morgan fingerprint density at radius 1 is 1.19 bits per heavy atom. The quantitative estimate of drug-likeness (QED) is 0.776. The van der Waals surface area contributed by atoms with E-state index in [-0.39, 0.29) is 0 Å². The van der Waals surface area contributed by atoms with Gasteiger partial charge >= 0.3 is 0 Å². The maximum atomic E-state index is 3.74. The van der Waals surface area contributed by atoms with Crippen LogP contribution in [-0.4, -0.2) is 36.1 Å². The first-order chi connectivity index (χ1) is 7.73. The molecule has 0 amide bonds. The molecule has 1 saturated heterocycles. The summed E-state index contributed by atoms with van der Waals surface area (Å²) in [4.78, 5) is 2.78. The summed E-state index contributed by atoms with van der Waals surface area (Å²) in [7, 11) is 0. The molecule has 0 aromatic carbocycles. The summed E-state index contributed by atoms with van der Waals surface area (Å²) in [6.45, 7) is 8.49. The van der Waals surface area contributed by atoms with E-state index in [9.17, 15) is 0 Å². The smallest absolute Gasteiger partial charge is 0.0277 e. The van der Waals surface area contributed by atoms with Crippen molar-refractivity contribution in [3.05, 3.63) is 0 Å². The molecule has 0 radical (unpaired) electrons. The molecule has 2 aliphatic rings. The van der Waals surface area contributed by atoms with E-state index < -0.39 is 0 Å². The van der Waals surface area contributed by atoms with Crippen molar-refractivity contribution in [1.29, 1.82) is 0 Å². The van der Waals surface area contributed by atoms with Gasteiger partial charge in [-0.1, -0.05) is 26.2 Å². The van der Waals surface area contributed by atoms with Gasteiger partial charge in [0.1, 0.15) is 0 Å². The van der Waals surface area contributed by atoms with E-state index in [2.05, 4.69) is 24.1 Å². The molecule has 0 aromatic heterocycles. The van der Waals surface area contributed by atoms with Crippen molar-refractivity contribution in [2.24, 2.45) is 0 Å². The number of rotatable bonds is 2. The summed E-state index contributed by atoms with van der Waals surface area (Å²) in [6, 6.07) is 0.888. The molecule has 0 spiro atoms. The summed E-state index contributed by atoms with van der Waals surface area (Å²) < 4.78 is 0. The largest absolute Gasteiger partial charge is 0.310 e. The third-order valence-corrected chi connectivity index (χ3v) is 4.60. The Bertz CT molecular complexity index is 211. The predicted octanol–water partition coefficient (Wildman–Crippen LogP) is 2.78. The van der Waals surface area contributed by atoms with Gasteiger partial charge in [-0.2, -0.15) is 0 Å². The van der Waals surface area contributed by atoms with Crippen LogP contribution < -0.4 is 5.32 Å². The zero-order chi connectivity index (χ0) is 11.4. The van der Waals surface area contributed by atoms with Crippen molar-refractivity contribution in [3.8, 4) is 0 Å². The highest BCUT2D eigenvalue weighted by Crippen LogP contribution is 2.26. The molecule has 0 bridgehead atoms. The molecule has 1 N–H and O–H groups in total. The van der Waals surface area contributed by atoms with E-state index in [4.69, 9.17) is 0 Å². The lowest BCUT2D eigenvalue weighted by Gasteiger charge is -2.38. The van der Waals surface area contributed by atoms with Gasteiger partial charge in [0.2, 0.25) is 0 Å². The molecule has 2 rings (SSSR count). The predicted molar refractivity (Wildman–Crippen MR) is 69.8 cm³/mol. The van der Waals surface area contributed by atoms with Gasteiger partial charge in [0.25, 0.3) is 0 Å². The zero-order valence-electron chi connectivity index (χ0n) is 11.1. The minimum Gasteiger partial charge on any atom is -0.310 e. The average Bonchev–Trinajstić information content (AvgIpc) is 2.53. The van der Waals surface area contributed by atoms with Crippen LogP contribution in [0.25, 0.3) is 0 Å². The Balaban J connectivity index is 1.96. The average molecular weight is 224 g/mol. The number of nitrogens with zero attached hydrogens (tertiary/aromatic N) is 1. The van der Waals surface area contributed by atoms with Crippen LogP contribution in [0, 0.1) is 0 Å². The molecule has 16 heavy (non-hydrogen) atoms. The van der Waals surface area contributed by atoms with Crippen LogP contribution >= 0.6 is 0 Å². The van der Waals surface area contributed by atoms with Crippen molar-refractivity contribution < 1.29 is 0 Å². The molecule has 1 aliphatic heterocycles. The van der Waals surface area contributed by atoms with Crippen LogP contribution in [0.1, 0.15) is 58.8 Å².